The van der Waals surface area contributed by atoms with Gasteiger partial charge in [0.25, 0.3) is 0 Å². The van der Waals surface area contributed by atoms with Gasteiger partial charge in [-0.1, -0.05) is 0 Å². The molecule has 2 heterocycles. The van der Waals surface area contributed by atoms with Crippen molar-refractivity contribution in [1.82, 2.24) is 9.97 Å². The Morgan fingerprint density at radius 1 is 1.06 bits per heavy atom. The van der Waals surface area contributed by atoms with Crippen LogP contribution in [0.25, 0.3) is 11.1 Å². The van der Waals surface area contributed by atoms with E-state index in [-0.39, 0.29) is 0 Å². The van der Waals surface area contributed by atoms with E-state index in [9.17, 15) is 0 Å². The molecule has 86 valence electrons. The van der Waals surface area contributed by atoms with Crippen molar-refractivity contribution in [1.29, 1.82) is 0 Å². The molecular weight excluding hydrogens is 210 g/mol. The van der Waals surface area contributed by atoms with Gasteiger partial charge in [-0.05, 0) is 42.5 Å². The summed E-state index contributed by atoms with van der Waals surface area (Å²) in [6, 6.07) is 6.15. The van der Waals surface area contributed by atoms with E-state index in [0.717, 1.165) is 29.3 Å². The minimum atomic E-state index is 0.875. The van der Waals surface area contributed by atoms with Crippen LogP contribution in [-0.2, 0) is 0 Å². The second kappa shape index (κ2) is 4.53. The number of pyridine rings is 2. The van der Waals surface area contributed by atoms with Gasteiger partial charge >= 0.3 is 0 Å². The smallest absolute Gasteiger partial charge is 0.0533 e. The summed E-state index contributed by atoms with van der Waals surface area (Å²) in [5.41, 5.74) is 3.39. The molecule has 0 atom stereocenters. The molecule has 2 aromatic heterocycles. The maximum absolute atomic E-state index is 4.28. The summed E-state index contributed by atoms with van der Waals surface area (Å²) in [4.78, 5) is 8.30. The van der Waals surface area contributed by atoms with Gasteiger partial charge in [0.15, 0.2) is 0 Å². The molecule has 0 saturated heterocycles. The second-order valence-electron chi connectivity index (χ2n) is 4.52. The summed E-state index contributed by atoms with van der Waals surface area (Å²) in [5, 5.41) is 3.44. The Morgan fingerprint density at radius 3 is 2.65 bits per heavy atom. The zero-order valence-electron chi connectivity index (χ0n) is 9.63. The monoisotopic (exact) mass is 225 g/mol. The first-order valence-corrected chi connectivity index (χ1v) is 6.01. The quantitative estimate of drug-likeness (QED) is 0.869. The molecule has 3 heteroatoms. The van der Waals surface area contributed by atoms with Crippen LogP contribution in [-0.4, -0.2) is 16.5 Å². The molecule has 3 rings (SSSR count). The van der Waals surface area contributed by atoms with Crippen LogP contribution in [0.1, 0.15) is 12.8 Å². The molecule has 1 aliphatic rings. The number of hydrogen-bond acceptors (Lipinski definition) is 3. The molecule has 17 heavy (non-hydrogen) atoms. The number of hydrogen-bond donors (Lipinski definition) is 1. The zero-order chi connectivity index (χ0) is 11.5. The van der Waals surface area contributed by atoms with Crippen molar-refractivity contribution < 1.29 is 0 Å². The summed E-state index contributed by atoms with van der Waals surface area (Å²) in [6.07, 6.45) is 10.1. The fourth-order valence-electron chi connectivity index (χ4n) is 1.82. The molecule has 0 unspecified atom stereocenters. The lowest BCUT2D eigenvalue weighted by molar-refractivity contribution is 0.888. The van der Waals surface area contributed by atoms with E-state index in [0.29, 0.717) is 0 Å². The Hall–Kier alpha value is -1.90. The van der Waals surface area contributed by atoms with Crippen LogP contribution in [0.15, 0.2) is 43.0 Å². The average molecular weight is 225 g/mol. The summed E-state index contributed by atoms with van der Waals surface area (Å²) < 4.78 is 0. The Morgan fingerprint density at radius 2 is 1.88 bits per heavy atom. The largest absolute Gasteiger partial charge is 0.384 e. The van der Waals surface area contributed by atoms with Crippen LogP contribution in [0.4, 0.5) is 5.69 Å². The van der Waals surface area contributed by atoms with Gasteiger partial charge in [0, 0.05) is 36.9 Å². The number of anilines is 1. The third-order valence-electron chi connectivity index (χ3n) is 3.04. The molecular formula is C14H15N3. The van der Waals surface area contributed by atoms with Gasteiger partial charge in [0.05, 0.1) is 5.69 Å². The highest BCUT2D eigenvalue weighted by Crippen LogP contribution is 2.29. The Kier molecular flexibility index (Phi) is 2.74. The zero-order valence-corrected chi connectivity index (χ0v) is 9.63. The topological polar surface area (TPSA) is 37.8 Å². The average Bonchev–Trinajstić information content (AvgIpc) is 3.22. The fraction of sp³-hybridized carbons (Fsp3) is 0.286. The van der Waals surface area contributed by atoms with Gasteiger partial charge in [-0.15, -0.1) is 0 Å². The minimum Gasteiger partial charge on any atom is -0.384 e. The number of nitrogens with one attached hydrogen (secondary N) is 1. The lowest BCUT2D eigenvalue weighted by Gasteiger charge is -2.07. The summed E-state index contributed by atoms with van der Waals surface area (Å²) in [7, 11) is 0. The lowest BCUT2D eigenvalue weighted by Crippen LogP contribution is -2.03. The molecule has 0 aliphatic heterocycles. The van der Waals surface area contributed by atoms with Crippen molar-refractivity contribution in [2.24, 2.45) is 5.92 Å². The highest BCUT2D eigenvalue weighted by molar-refractivity contribution is 5.66. The van der Waals surface area contributed by atoms with Crippen molar-refractivity contribution >= 4 is 5.69 Å². The number of rotatable bonds is 4. The molecule has 0 amide bonds. The summed E-state index contributed by atoms with van der Waals surface area (Å²) >= 11 is 0. The van der Waals surface area contributed by atoms with E-state index in [2.05, 4.69) is 21.4 Å². The Labute approximate surface area is 101 Å². The number of aromatic nitrogens is 2. The van der Waals surface area contributed by atoms with Gasteiger partial charge < -0.3 is 5.32 Å². The molecule has 1 fully saturated rings. The van der Waals surface area contributed by atoms with E-state index in [1.165, 1.54) is 12.8 Å². The van der Waals surface area contributed by atoms with Crippen molar-refractivity contribution in [3.8, 4) is 11.1 Å². The Bertz CT molecular complexity index is 492. The second-order valence-corrected chi connectivity index (χ2v) is 4.52. The molecule has 1 saturated carbocycles. The van der Waals surface area contributed by atoms with Gasteiger partial charge in [-0.3, -0.25) is 9.97 Å². The molecule has 3 nitrogen and oxygen atoms in total. The van der Waals surface area contributed by atoms with Crippen molar-refractivity contribution in [2.75, 3.05) is 11.9 Å². The van der Waals surface area contributed by atoms with Gasteiger partial charge in [0.2, 0.25) is 0 Å². The van der Waals surface area contributed by atoms with Crippen LogP contribution in [0.5, 0.6) is 0 Å². The molecule has 1 N–H and O–H groups in total. The lowest BCUT2D eigenvalue weighted by atomic mass is 10.1. The first-order chi connectivity index (χ1) is 8.42. The maximum Gasteiger partial charge on any atom is 0.0533 e. The van der Waals surface area contributed by atoms with E-state index in [4.69, 9.17) is 0 Å². The van der Waals surface area contributed by atoms with E-state index < -0.39 is 0 Å². The minimum absolute atomic E-state index is 0.875. The van der Waals surface area contributed by atoms with E-state index >= 15 is 0 Å². The first kappa shape index (κ1) is 10.3. The number of nitrogens with zero attached hydrogens (tertiary/aromatic N) is 2. The highest BCUT2D eigenvalue weighted by atomic mass is 14.9. The molecule has 2 aromatic rings. The maximum atomic E-state index is 4.28. The van der Waals surface area contributed by atoms with Crippen LogP contribution in [0.2, 0.25) is 0 Å². The van der Waals surface area contributed by atoms with Gasteiger partial charge in [-0.25, -0.2) is 0 Å². The summed E-state index contributed by atoms with van der Waals surface area (Å²) in [5.74, 6) is 0.875. The predicted octanol–water partition coefficient (Wildman–Crippen LogP) is 2.97. The van der Waals surface area contributed by atoms with Crippen molar-refractivity contribution in [2.45, 2.75) is 12.8 Å². The molecule has 1 aliphatic carbocycles. The highest BCUT2D eigenvalue weighted by Gasteiger charge is 2.20. The normalized spacial score (nSPS) is 14.6. The van der Waals surface area contributed by atoms with Gasteiger partial charge in [0.1, 0.15) is 0 Å². The van der Waals surface area contributed by atoms with Crippen LogP contribution >= 0.6 is 0 Å². The summed E-state index contributed by atoms with van der Waals surface area (Å²) in [6.45, 7) is 1.07. The van der Waals surface area contributed by atoms with Crippen molar-refractivity contribution in [3.63, 3.8) is 0 Å². The SMILES string of the molecule is c1cc(-c2cncc(NCC3CC3)c2)ccn1. The third kappa shape index (κ3) is 2.61. The first-order valence-electron chi connectivity index (χ1n) is 6.01. The standard InChI is InChI=1S/C14H15N3/c1-2-11(1)8-17-14-7-13(9-16-10-14)12-3-5-15-6-4-12/h3-7,9-11,17H,1-2,8H2. The van der Waals surface area contributed by atoms with Crippen molar-refractivity contribution in [3.05, 3.63) is 43.0 Å². The van der Waals surface area contributed by atoms with E-state index in [1.807, 2.05) is 24.5 Å². The third-order valence-corrected chi connectivity index (χ3v) is 3.04. The fourth-order valence-corrected chi connectivity index (χ4v) is 1.82. The van der Waals surface area contributed by atoms with E-state index in [1.54, 1.807) is 12.4 Å². The van der Waals surface area contributed by atoms with Gasteiger partial charge in [-0.2, -0.15) is 0 Å². The Balaban J connectivity index is 1.78. The van der Waals surface area contributed by atoms with Crippen LogP contribution < -0.4 is 5.32 Å². The molecule has 0 aromatic carbocycles. The molecule has 0 spiro atoms. The van der Waals surface area contributed by atoms with Crippen LogP contribution in [0.3, 0.4) is 0 Å². The molecule has 0 radical (unpaired) electrons. The molecule has 0 bridgehead atoms. The van der Waals surface area contributed by atoms with Crippen LogP contribution in [0, 0.1) is 5.92 Å². The predicted molar refractivity (Wildman–Crippen MR) is 68.7 cm³/mol.